The number of ether oxygens (including phenoxy) is 2. The Hall–Kier alpha value is -2.08. The fraction of sp³-hybridized carbons (Fsp3) is 0.167. The molecule has 1 heterocycles. The molecule has 18 heavy (non-hydrogen) atoms. The fourth-order valence-corrected chi connectivity index (χ4v) is 1.46. The van der Waals surface area contributed by atoms with E-state index in [0.29, 0.717) is 0 Å². The number of hydrogen-bond acceptors (Lipinski definition) is 4. The lowest BCUT2D eigenvalue weighted by molar-refractivity contribution is 0.174. The van der Waals surface area contributed by atoms with Crippen LogP contribution >= 0.6 is 12.2 Å². The number of allylic oxidation sites excluding steroid dienone is 1. The summed E-state index contributed by atoms with van der Waals surface area (Å²) in [6, 6.07) is 5.73. The second-order valence-corrected chi connectivity index (χ2v) is 4.12. The lowest BCUT2D eigenvalue weighted by Gasteiger charge is -1.98. The number of rotatable bonds is 3. The molecule has 0 amide bonds. The van der Waals surface area contributed by atoms with E-state index in [9.17, 15) is 0 Å². The van der Waals surface area contributed by atoms with Gasteiger partial charge in [-0.05, 0) is 42.9 Å². The van der Waals surface area contributed by atoms with Crippen LogP contribution < -0.4 is 20.6 Å². The van der Waals surface area contributed by atoms with Crippen molar-refractivity contribution in [1.82, 2.24) is 5.43 Å². The van der Waals surface area contributed by atoms with Gasteiger partial charge in [0.2, 0.25) is 6.79 Å². The smallest absolute Gasteiger partial charge is 0.231 e. The molecular weight excluding hydrogens is 250 g/mol. The van der Waals surface area contributed by atoms with E-state index in [1.54, 1.807) is 0 Å². The van der Waals surface area contributed by atoms with Crippen molar-refractivity contribution in [3.63, 3.8) is 0 Å². The van der Waals surface area contributed by atoms with Crippen LogP contribution in [0.25, 0.3) is 6.08 Å². The molecular formula is C12H13N3O2S. The minimum Gasteiger partial charge on any atom is -0.454 e. The lowest BCUT2D eigenvalue weighted by Crippen LogP contribution is -2.24. The topological polar surface area (TPSA) is 68.9 Å². The molecule has 0 saturated heterocycles. The Labute approximate surface area is 110 Å². The highest BCUT2D eigenvalue weighted by Crippen LogP contribution is 2.32. The normalized spacial score (nSPS) is 13.9. The number of thiocarbonyl (C=S) groups is 1. The first kappa shape index (κ1) is 12.4. The highest BCUT2D eigenvalue weighted by atomic mass is 32.1. The summed E-state index contributed by atoms with van der Waals surface area (Å²) in [5, 5.41) is 4.11. The third-order valence-electron chi connectivity index (χ3n) is 2.26. The zero-order valence-corrected chi connectivity index (χ0v) is 10.7. The third-order valence-corrected chi connectivity index (χ3v) is 2.35. The minimum atomic E-state index is 0.144. The Bertz CT molecular complexity index is 526. The third kappa shape index (κ3) is 3.21. The van der Waals surface area contributed by atoms with Crippen LogP contribution in [0.2, 0.25) is 0 Å². The molecule has 0 spiro atoms. The molecule has 2 rings (SSSR count). The molecule has 1 aromatic carbocycles. The molecule has 0 bridgehead atoms. The highest BCUT2D eigenvalue weighted by molar-refractivity contribution is 7.80. The van der Waals surface area contributed by atoms with Gasteiger partial charge in [-0.3, -0.25) is 5.43 Å². The van der Waals surface area contributed by atoms with E-state index < -0.39 is 0 Å². The molecule has 0 radical (unpaired) electrons. The van der Waals surface area contributed by atoms with E-state index in [1.165, 1.54) is 0 Å². The Morgan fingerprint density at radius 3 is 3.00 bits per heavy atom. The van der Waals surface area contributed by atoms with Crippen LogP contribution in [0.3, 0.4) is 0 Å². The van der Waals surface area contributed by atoms with Gasteiger partial charge in [-0.25, -0.2) is 0 Å². The van der Waals surface area contributed by atoms with Gasteiger partial charge in [0.05, 0.1) is 5.71 Å². The van der Waals surface area contributed by atoms with Gasteiger partial charge in [-0.15, -0.1) is 0 Å². The maximum Gasteiger partial charge on any atom is 0.231 e. The molecule has 0 fully saturated rings. The van der Waals surface area contributed by atoms with Gasteiger partial charge in [-0.2, -0.15) is 5.10 Å². The minimum absolute atomic E-state index is 0.144. The van der Waals surface area contributed by atoms with Crippen LogP contribution in [0.1, 0.15) is 12.5 Å². The first-order chi connectivity index (χ1) is 8.65. The van der Waals surface area contributed by atoms with Gasteiger partial charge in [0.15, 0.2) is 16.6 Å². The quantitative estimate of drug-likeness (QED) is 0.493. The summed E-state index contributed by atoms with van der Waals surface area (Å²) in [6.07, 6.45) is 3.77. The monoisotopic (exact) mass is 263 g/mol. The van der Waals surface area contributed by atoms with Crippen LogP contribution in [0.4, 0.5) is 0 Å². The van der Waals surface area contributed by atoms with E-state index >= 15 is 0 Å². The zero-order chi connectivity index (χ0) is 13.0. The number of hydrogen-bond donors (Lipinski definition) is 2. The van der Waals surface area contributed by atoms with Crippen LogP contribution in [-0.2, 0) is 0 Å². The average Bonchev–Trinajstić information content (AvgIpc) is 2.81. The molecule has 0 saturated carbocycles. The number of nitrogens with two attached hydrogens (primary N) is 1. The maximum absolute atomic E-state index is 5.29. The first-order valence-corrected chi connectivity index (χ1v) is 5.73. The average molecular weight is 263 g/mol. The van der Waals surface area contributed by atoms with Crippen molar-refractivity contribution < 1.29 is 9.47 Å². The second-order valence-electron chi connectivity index (χ2n) is 3.68. The summed E-state index contributed by atoms with van der Waals surface area (Å²) in [5.74, 6) is 1.53. The lowest BCUT2D eigenvalue weighted by atomic mass is 10.2. The summed E-state index contributed by atoms with van der Waals surface area (Å²) >= 11 is 4.65. The number of nitrogens with one attached hydrogen (secondary N) is 1. The molecule has 5 nitrogen and oxygen atoms in total. The van der Waals surface area contributed by atoms with Crippen molar-refractivity contribution >= 4 is 29.1 Å². The van der Waals surface area contributed by atoms with Gasteiger partial charge in [-0.1, -0.05) is 12.1 Å². The zero-order valence-electron chi connectivity index (χ0n) is 9.84. The standard InChI is InChI=1S/C12H13N3O2S/c1-8(14-15-12(13)18)2-3-9-4-5-10-11(6-9)17-7-16-10/h2-6H,7H2,1H3,(H3,13,15,18)/b3-2-,14-8-. The Morgan fingerprint density at radius 2 is 2.22 bits per heavy atom. The van der Waals surface area contributed by atoms with E-state index in [1.807, 2.05) is 37.3 Å². The largest absolute Gasteiger partial charge is 0.454 e. The molecule has 6 heteroatoms. The van der Waals surface area contributed by atoms with E-state index in [-0.39, 0.29) is 11.9 Å². The highest BCUT2D eigenvalue weighted by Gasteiger charge is 2.11. The molecule has 0 aromatic heterocycles. The van der Waals surface area contributed by atoms with Gasteiger partial charge in [0.25, 0.3) is 0 Å². The molecule has 1 aliphatic heterocycles. The predicted molar refractivity (Wildman–Crippen MR) is 74.6 cm³/mol. The molecule has 94 valence electrons. The molecule has 1 aliphatic rings. The summed E-state index contributed by atoms with van der Waals surface area (Å²) in [7, 11) is 0. The van der Waals surface area contributed by atoms with Crippen LogP contribution in [0.15, 0.2) is 29.4 Å². The van der Waals surface area contributed by atoms with Crippen molar-refractivity contribution in [1.29, 1.82) is 0 Å². The molecule has 1 aromatic rings. The summed E-state index contributed by atoms with van der Waals surface area (Å²) in [5.41, 5.74) is 9.56. The van der Waals surface area contributed by atoms with Crippen molar-refractivity contribution in [2.45, 2.75) is 6.92 Å². The number of nitrogens with zero attached hydrogens (tertiary/aromatic N) is 1. The van der Waals surface area contributed by atoms with Crippen molar-refractivity contribution in [2.75, 3.05) is 6.79 Å². The van der Waals surface area contributed by atoms with Gasteiger partial charge in [0.1, 0.15) is 0 Å². The number of fused-ring (bicyclic) bond motifs is 1. The first-order valence-electron chi connectivity index (χ1n) is 5.32. The van der Waals surface area contributed by atoms with E-state index in [4.69, 9.17) is 15.2 Å². The van der Waals surface area contributed by atoms with Crippen LogP contribution in [-0.4, -0.2) is 17.6 Å². The predicted octanol–water partition coefficient (Wildman–Crippen LogP) is 1.64. The molecule has 0 unspecified atom stereocenters. The maximum atomic E-state index is 5.29. The van der Waals surface area contributed by atoms with Crippen LogP contribution in [0, 0.1) is 0 Å². The molecule has 0 atom stereocenters. The number of benzene rings is 1. The fourth-order valence-electron chi connectivity index (χ4n) is 1.41. The summed E-state index contributed by atoms with van der Waals surface area (Å²) < 4.78 is 10.5. The van der Waals surface area contributed by atoms with Gasteiger partial charge < -0.3 is 15.2 Å². The summed E-state index contributed by atoms with van der Waals surface area (Å²) in [4.78, 5) is 0. The van der Waals surface area contributed by atoms with E-state index in [0.717, 1.165) is 22.8 Å². The van der Waals surface area contributed by atoms with Crippen molar-refractivity contribution in [3.8, 4) is 11.5 Å². The Morgan fingerprint density at radius 1 is 1.44 bits per heavy atom. The molecule has 3 N–H and O–H groups in total. The number of hydrazone groups is 1. The van der Waals surface area contributed by atoms with Gasteiger partial charge >= 0.3 is 0 Å². The van der Waals surface area contributed by atoms with Gasteiger partial charge in [0, 0.05) is 0 Å². The van der Waals surface area contributed by atoms with Crippen LogP contribution in [0.5, 0.6) is 11.5 Å². The SMILES string of the molecule is CC(/C=C\c1ccc2c(c1)OCO2)=N/NC(N)=S. The van der Waals surface area contributed by atoms with Crippen molar-refractivity contribution in [3.05, 3.63) is 29.8 Å². The molecule has 0 aliphatic carbocycles. The Balaban J connectivity index is 2.05. The van der Waals surface area contributed by atoms with E-state index in [2.05, 4.69) is 22.7 Å². The summed E-state index contributed by atoms with van der Waals surface area (Å²) in [6.45, 7) is 2.12. The second kappa shape index (κ2) is 5.50. The Kier molecular flexibility index (Phi) is 3.78. The van der Waals surface area contributed by atoms with Crippen molar-refractivity contribution in [2.24, 2.45) is 10.8 Å².